The number of carbonyl (C=O) groups excluding carboxylic acids is 1. The number of carbonyl (C=O) groups is 1. The average Bonchev–Trinajstić information content (AvgIpc) is 1.64. The highest BCUT2D eigenvalue weighted by Crippen LogP contribution is 2.22. The molecule has 0 bridgehead atoms. The van der Waals surface area contributed by atoms with E-state index in [0.717, 1.165) is 0 Å². The molecule has 0 spiro atoms. The summed E-state index contributed by atoms with van der Waals surface area (Å²) in [6.07, 6.45) is 0.945. The van der Waals surface area contributed by atoms with Crippen molar-refractivity contribution in [2.45, 2.75) is 25.1 Å². The van der Waals surface area contributed by atoms with Crippen LogP contribution in [-0.2, 0) is 4.79 Å². The number of alkyl halides is 1. The molecule has 46 valence electrons. The van der Waals surface area contributed by atoms with Crippen LogP contribution in [0.2, 0.25) is 0 Å². The van der Waals surface area contributed by atoms with Gasteiger partial charge < -0.3 is 5.32 Å². The summed E-state index contributed by atoms with van der Waals surface area (Å²) in [5.74, 6) is 0. The second-order valence-corrected chi connectivity index (χ2v) is 2.05. The Labute approximate surface area is 47.1 Å². The Morgan fingerprint density at radius 2 is 2.25 bits per heavy atom. The van der Waals surface area contributed by atoms with Gasteiger partial charge in [-0.2, -0.15) is 0 Å². The van der Waals surface area contributed by atoms with Crippen LogP contribution >= 0.6 is 0 Å². The Balaban J connectivity index is 2.06. The Bertz CT molecular complexity index is 90.4. The van der Waals surface area contributed by atoms with E-state index in [4.69, 9.17) is 0 Å². The van der Waals surface area contributed by atoms with E-state index in [1.54, 1.807) is 0 Å². The molecule has 0 unspecified atom stereocenters. The fourth-order valence-corrected chi connectivity index (χ4v) is 0.781. The van der Waals surface area contributed by atoms with Crippen molar-refractivity contribution in [2.24, 2.45) is 0 Å². The first-order valence-corrected chi connectivity index (χ1v) is 2.66. The van der Waals surface area contributed by atoms with Gasteiger partial charge in [0.25, 0.3) is 0 Å². The monoisotopic (exact) mass is 117 g/mol. The molecule has 0 saturated heterocycles. The van der Waals surface area contributed by atoms with E-state index in [1.807, 2.05) is 0 Å². The van der Waals surface area contributed by atoms with Gasteiger partial charge in [-0.15, -0.1) is 0 Å². The number of halogens is 1. The third-order valence-corrected chi connectivity index (χ3v) is 1.38. The summed E-state index contributed by atoms with van der Waals surface area (Å²) in [7, 11) is 0. The minimum Gasteiger partial charge on any atom is -0.356 e. The summed E-state index contributed by atoms with van der Waals surface area (Å²) in [6.45, 7) is 0. The Morgan fingerprint density at radius 3 is 2.62 bits per heavy atom. The van der Waals surface area contributed by atoms with Gasteiger partial charge >= 0.3 is 0 Å². The topological polar surface area (TPSA) is 29.1 Å². The predicted octanol–water partition coefficient (Wildman–Crippen LogP) is 0.233. The minimum atomic E-state index is -0.674. The fraction of sp³-hybridized carbons (Fsp3) is 0.800. The van der Waals surface area contributed by atoms with E-state index in [2.05, 4.69) is 5.32 Å². The van der Waals surface area contributed by atoms with Crippen LogP contribution in [0.25, 0.3) is 0 Å². The van der Waals surface area contributed by atoms with Crippen molar-refractivity contribution in [2.75, 3.05) is 0 Å². The molecule has 1 rings (SSSR count). The highest BCUT2D eigenvalue weighted by Gasteiger charge is 2.27. The lowest BCUT2D eigenvalue weighted by Crippen LogP contribution is -2.41. The van der Waals surface area contributed by atoms with Crippen LogP contribution in [0.15, 0.2) is 0 Å². The van der Waals surface area contributed by atoms with E-state index >= 15 is 0 Å². The highest BCUT2D eigenvalue weighted by atomic mass is 19.1. The van der Waals surface area contributed by atoms with Gasteiger partial charge in [-0.1, -0.05) is 0 Å². The smallest absolute Gasteiger partial charge is 0.207 e. The summed E-state index contributed by atoms with van der Waals surface area (Å²) in [6, 6.07) is 0.113. The van der Waals surface area contributed by atoms with Crippen molar-refractivity contribution < 1.29 is 9.18 Å². The summed E-state index contributed by atoms with van der Waals surface area (Å²) in [5.41, 5.74) is 0. The molecular formula is C5H8FNO. The van der Waals surface area contributed by atoms with Crippen molar-refractivity contribution in [3.63, 3.8) is 0 Å². The second kappa shape index (κ2) is 2.11. The van der Waals surface area contributed by atoms with Crippen LogP contribution < -0.4 is 5.32 Å². The molecule has 0 radical (unpaired) electrons. The molecule has 1 aliphatic rings. The molecule has 0 aromatic rings. The molecule has 8 heavy (non-hydrogen) atoms. The van der Waals surface area contributed by atoms with Crippen molar-refractivity contribution >= 4 is 6.41 Å². The second-order valence-electron chi connectivity index (χ2n) is 2.05. The van der Waals surface area contributed by atoms with Gasteiger partial charge in [-0.25, -0.2) is 4.39 Å². The quantitative estimate of drug-likeness (QED) is 0.515. The Hall–Kier alpha value is -0.600. The number of hydrogen-bond donors (Lipinski definition) is 1. The zero-order valence-corrected chi connectivity index (χ0v) is 4.43. The molecular weight excluding hydrogens is 109 g/mol. The Morgan fingerprint density at radius 1 is 1.62 bits per heavy atom. The van der Waals surface area contributed by atoms with Crippen LogP contribution in [0.5, 0.6) is 0 Å². The maximum absolute atomic E-state index is 11.9. The van der Waals surface area contributed by atoms with E-state index in [-0.39, 0.29) is 6.04 Å². The lowest BCUT2D eigenvalue weighted by molar-refractivity contribution is -0.111. The molecule has 0 atom stereocenters. The standard InChI is InChI=1S/C5H8FNO/c6-4-1-5(2-4)7-3-8/h3-5H,1-2H2,(H,7,8). The summed E-state index contributed by atoms with van der Waals surface area (Å²) in [4.78, 5) is 9.68. The first-order chi connectivity index (χ1) is 3.83. The maximum atomic E-state index is 11.9. The van der Waals surface area contributed by atoms with Crippen LogP contribution in [-0.4, -0.2) is 18.6 Å². The largest absolute Gasteiger partial charge is 0.356 e. The third kappa shape index (κ3) is 0.967. The molecule has 0 heterocycles. The van der Waals surface area contributed by atoms with Gasteiger partial charge in [0.1, 0.15) is 6.17 Å². The number of amides is 1. The molecule has 3 heteroatoms. The zero-order valence-electron chi connectivity index (χ0n) is 4.43. The average molecular weight is 117 g/mol. The zero-order chi connectivity index (χ0) is 5.98. The lowest BCUT2D eigenvalue weighted by Gasteiger charge is -2.28. The van der Waals surface area contributed by atoms with Gasteiger partial charge in [0.15, 0.2) is 0 Å². The molecule has 1 fully saturated rings. The third-order valence-electron chi connectivity index (χ3n) is 1.38. The summed E-state index contributed by atoms with van der Waals surface area (Å²) in [5, 5.41) is 2.49. The maximum Gasteiger partial charge on any atom is 0.207 e. The van der Waals surface area contributed by atoms with Gasteiger partial charge in [0.2, 0.25) is 6.41 Å². The molecule has 0 aromatic heterocycles. The van der Waals surface area contributed by atoms with Gasteiger partial charge in [-0.3, -0.25) is 4.79 Å². The van der Waals surface area contributed by atoms with Crippen LogP contribution in [0.4, 0.5) is 4.39 Å². The van der Waals surface area contributed by atoms with Crippen LogP contribution in [0.3, 0.4) is 0 Å². The normalized spacial score (nSPS) is 35.6. The molecule has 0 aliphatic heterocycles. The fourth-order valence-electron chi connectivity index (χ4n) is 0.781. The van der Waals surface area contributed by atoms with Crippen molar-refractivity contribution in [3.8, 4) is 0 Å². The van der Waals surface area contributed by atoms with Gasteiger partial charge in [0.05, 0.1) is 0 Å². The number of hydrogen-bond acceptors (Lipinski definition) is 1. The van der Waals surface area contributed by atoms with Gasteiger partial charge in [0, 0.05) is 6.04 Å². The van der Waals surface area contributed by atoms with E-state index in [1.165, 1.54) is 0 Å². The molecule has 1 amide bonds. The SMILES string of the molecule is O=CNC1CC(F)C1. The number of nitrogens with one attached hydrogen (secondary N) is 1. The summed E-state index contributed by atoms with van der Waals surface area (Å²) < 4.78 is 11.9. The molecule has 2 nitrogen and oxygen atoms in total. The molecule has 1 saturated carbocycles. The van der Waals surface area contributed by atoms with Crippen LogP contribution in [0, 0.1) is 0 Å². The van der Waals surface area contributed by atoms with Crippen molar-refractivity contribution in [3.05, 3.63) is 0 Å². The van der Waals surface area contributed by atoms with E-state index < -0.39 is 6.17 Å². The van der Waals surface area contributed by atoms with Crippen molar-refractivity contribution in [1.29, 1.82) is 0 Å². The minimum absolute atomic E-state index is 0.113. The predicted molar refractivity (Wildman–Crippen MR) is 27.1 cm³/mol. The van der Waals surface area contributed by atoms with Crippen molar-refractivity contribution in [1.82, 2.24) is 5.32 Å². The first-order valence-electron chi connectivity index (χ1n) is 2.66. The molecule has 0 aromatic carbocycles. The molecule has 1 aliphatic carbocycles. The molecule has 1 N–H and O–H groups in total. The first kappa shape index (κ1) is 5.54. The summed E-state index contributed by atoms with van der Waals surface area (Å²) >= 11 is 0. The van der Waals surface area contributed by atoms with Gasteiger partial charge in [-0.05, 0) is 12.8 Å². The number of rotatable bonds is 2. The van der Waals surface area contributed by atoms with Crippen LogP contribution in [0.1, 0.15) is 12.8 Å². The van der Waals surface area contributed by atoms with E-state index in [9.17, 15) is 9.18 Å². The lowest BCUT2D eigenvalue weighted by atomic mass is 9.91. The van der Waals surface area contributed by atoms with E-state index in [0.29, 0.717) is 19.3 Å². The Kier molecular flexibility index (Phi) is 1.46. The highest BCUT2D eigenvalue weighted by molar-refractivity contribution is 5.46.